The molecule has 1 aliphatic rings. The number of amides is 1. The molecular formula is C18H17F3N2O. The normalized spacial score (nSPS) is 17.8. The first-order chi connectivity index (χ1) is 11.5. The van der Waals surface area contributed by atoms with Crippen LogP contribution in [0.2, 0.25) is 0 Å². The van der Waals surface area contributed by atoms with Crippen molar-refractivity contribution >= 4 is 11.6 Å². The summed E-state index contributed by atoms with van der Waals surface area (Å²) in [7, 11) is 0. The summed E-state index contributed by atoms with van der Waals surface area (Å²) in [5, 5.41) is 0. The van der Waals surface area contributed by atoms with E-state index in [0.717, 1.165) is 25.0 Å². The molecule has 1 amide bonds. The van der Waals surface area contributed by atoms with Gasteiger partial charge >= 0.3 is 0 Å². The predicted molar refractivity (Wildman–Crippen MR) is 85.5 cm³/mol. The maximum Gasteiger partial charge on any atom is 0.251 e. The number of benzene rings is 2. The lowest BCUT2D eigenvalue weighted by Gasteiger charge is -2.35. The fourth-order valence-corrected chi connectivity index (χ4v) is 3.20. The molecule has 126 valence electrons. The van der Waals surface area contributed by atoms with Gasteiger partial charge in [0.05, 0.1) is 5.56 Å². The van der Waals surface area contributed by atoms with Gasteiger partial charge in [-0.25, -0.2) is 13.2 Å². The highest BCUT2D eigenvalue weighted by Crippen LogP contribution is 2.32. The molecule has 24 heavy (non-hydrogen) atoms. The zero-order valence-electron chi connectivity index (χ0n) is 12.9. The number of halogens is 3. The lowest BCUT2D eigenvalue weighted by Crippen LogP contribution is -2.35. The number of rotatable bonds is 3. The molecule has 0 saturated carbocycles. The minimum absolute atomic E-state index is 0.127. The van der Waals surface area contributed by atoms with Crippen LogP contribution in [-0.4, -0.2) is 19.0 Å². The molecule has 1 heterocycles. The predicted octanol–water partition coefficient (Wildman–Crippen LogP) is 3.59. The molecule has 2 N–H and O–H groups in total. The highest BCUT2D eigenvalue weighted by atomic mass is 19.2. The van der Waals surface area contributed by atoms with Crippen LogP contribution in [0.4, 0.5) is 18.9 Å². The van der Waals surface area contributed by atoms with Crippen LogP contribution in [0.15, 0.2) is 36.4 Å². The third kappa shape index (κ3) is 3.09. The van der Waals surface area contributed by atoms with E-state index in [9.17, 15) is 18.0 Å². The van der Waals surface area contributed by atoms with E-state index in [1.807, 2.05) is 4.90 Å². The Labute approximate surface area is 137 Å². The van der Waals surface area contributed by atoms with E-state index in [0.29, 0.717) is 24.3 Å². The van der Waals surface area contributed by atoms with Crippen LogP contribution in [0.3, 0.4) is 0 Å². The van der Waals surface area contributed by atoms with Crippen molar-refractivity contribution in [1.29, 1.82) is 0 Å². The minimum atomic E-state index is -0.906. The Bertz CT molecular complexity index is 779. The molecule has 6 heteroatoms. The fraction of sp³-hybridized carbons (Fsp3) is 0.278. The van der Waals surface area contributed by atoms with Crippen molar-refractivity contribution in [2.24, 2.45) is 5.73 Å². The second-order valence-corrected chi connectivity index (χ2v) is 5.96. The van der Waals surface area contributed by atoms with Crippen molar-refractivity contribution in [3.8, 4) is 0 Å². The Balaban J connectivity index is 1.87. The van der Waals surface area contributed by atoms with E-state index in [2.05, 4.69) is 0 Å². The smallest absolute Gasteiger partial charge is 0.251 e. The van der Waals surface area contributed by atoms with E-state index in [4.69, 9.17) is 5.73 Å². The number of nitrogens with zero attached hydrogens (tertiary/aromatic N) is 1. The first kappa shape index (κ1) is 16.4. The van der Waals surface area contributed by atoms with Crippen molar-refractivity contribution in [3.05, 3.63) is 65.0 Å². The number of carbonyl (C=O) groups excluding carboxylic acids is 1. The minimum Gasteiger partial charge on any atom is -0.371 e. The van der Waals surface area contributed by atoms with Gasteiger partial charge in [-0.05, 0) is 36.6 Å². The van der Waals surface area contributed by atoms with Crippen LogP contribution in [0.1, 0.15) is 34.7 Å². The Morgan fingerprint density at radius 3 is 2.62 bits per heavy atom. The fourth-order valence-electron chi connectivity index (χ4n) is 3.20. The third-order valence-corrected chi connectivity index (χ3v) is 4.42. The molecular weight excluding hydrogens is 317 g/mol. The molecule has 0 radical (unpaired) electrons. The largest absolute Gasteiger partial charge is 0.371 e. The Kier molecular flexibility index (Phi) is 4.46. The maximum atomic E-state index is 14.5. The summed E-state index contributed by atoms with van der Waals surface area (Å²) in [4.78, 5) is 13.2. The molecule has 1 atom stereocenters. The number of hydrogen-bond acceptors (Lipinski definition) is 2. The van der Waals surface area contributed by atoms with Crippen LogP contribution in [0, 0.1) is 17.5 Å². The van der Waals surface area contributed by atoms with Gasteiger partial charge in [0, 0.05) is 30.8 Å². The van der Waals surface area contributed by atoms with Gasteiger partial charge in [0.1, 0.15) is 5.82 Å². The number of anilines is 1. The average molecular weight is 334 g/mol. The van der Waals surface area contributed by atoms with Crippen molar-refractivity contribution < 1.29 is 18.0 Å². The van der Waals surface area contributed by atoms with E-state index >= 15 is 0 Å². The quantitative estimate of drug-likeness (QED) is 0.932. The number of nitrogens with two attached hydrogens (primary N) is 1. The second kappa shape index (κ2) is 6.55. The number of carbonyl (C=O) groups is 1. The van der Waals surface area contributed by atoms with Crippen LogP contribution in [0.25, 0.3) is 0 Å². The molecule has 1 saturated heterocycles. The van der Waals surface area contributed by atoms with Gasteiger partial charge in [-0.2, -0.15) is 0 Å². The summed E-state index contributed by atoms with van der Waals surface area (Å²) in [5.74, 6) is -3.35. The van der Waals surface area contributed by atoms with Gasteiger partial charge in [0.25, 0.3) is 5.91 Å². The molecule has 0 bridgehead atoms. The van der Waals surface area contributed by atoms with Gasteiger partial charge in [0.15, 0.2) is 11.6 Å². The van der Waals surface area contributed by atoms with Gasteiger partial charge in [-0.1, -0.05) is 12.1 Å². The van der Waals surface area contributed by atoms with Crippen LogP contribution in [0.5, 0.6) is 0 Å². The molecule has 1 unspecified atom stereocenters. The van der Waals surface area contributed by atoms with Gasteiger partial charge < -0.3 is 10.6 Å². The standard InChI is InChI=1S/C18H17F3N2O/c19-15-7-6-12(9-16(15)20)23-8-2-3-11(10-23)13-4-1-5-14(17(13)21)18(22)24/h1,4-7,9,11H,2-3,8,10H2,(H2,22,24). The monoisotopic (exact) mass is 334 g/mol. The molecule has 1 fully saturated rings. The summed E-state index contributed by atoms with van der Waals surface area (Å²) in [6.45, 7) is 1.14. The number of piperidine rings is 1. The topological polar surface area (TPSA) is 46.3 Å². The molecule has 3 nitrogen and oxygen atoms in total. The van der Waals surface area contributed by atoms with E-state index < -0.39 is 23.4 Å². The summed E-state index contributed by atoms with van der Waals surface area (Å²) in [6.07, 6.45) is 1.53. The first-order valence-corrected chi connectivity index (χ1v) is 7.75. The summed E-state index contributed by atoms with van der Waals surface area (Å²) >= 11 is 0. The Morgan fingerprint density at radius 2 is 1.92 bits per heavy atom. The SMILES string of the molecule is NC(=O)c1cccc(C2CCCN(c3ccc(F)c(F)c3)C2)c1F. The summed E-state index contributed by atoms with van der Waals surface area (Å²) in [6, 6.07) is 8.35. The van der Waals surface area contributed by atoms with E-state index in [1.54, 1.807) is 12.1 Å². The zero-order valence-corrected chi connectivity index (χ0v) is 12.9. The highest BCUT2D eigenvalue weighted by molar-refractivity contribution is 5.93. The number of primary amides is 1. The van der Waals surface area contributed by atoms with E-state index in [-0.39, 0.29) is 11.5 Å². The van der Waals surface area contributed by atoms with Crippen LogP contribution < -0.4 is 10.6 Å². The molecule has 3 rings (SSSR count). The van der Waals surface area contributed by atoms with Crippen molar-refractivity contribution in [2.45, 2.75) is 18.8 Å². The highest BCUT2D eigenvalue weighted by Gasteiger charge is 2.26. The van der Waals surface area contributed by atoms with Crippen molar-refractivity contribution in [3.63, 3.8) is 0 Å². The molecule has 2 aromatic rings. The molecule has 1 aliphatic heterocycles. The van der Waals surface area contributed by atoms with Gasteiger partial charge in [0.2, 0.25) is 0 Å². The average Bonchev–Trinajstić information content (AvgIpc) is 2.57. The second-order valence-electron chi connectivity index (χ2n) is 5.96. The molecule has 0 spiro atoms. The molecule has 0 aromatic heterocycles. The lowest BCUT2D eigenvalue weighted by molar-refractivity contribution is 0.0996. The zero-order chi connectivity index (χ0) is 17.3. The number of hydrogen-bond donors (Lipinski definition) is 1. The van der Waals surface area contributed by atoms with Crippen molar-refractivity contribution in [2.75, 3.05) is 18.0 Å². The first-order valence-electron chi connectivity index (χ1n) is 7.75. The summed E-state index contributed by atoms with van der Waals surface area (Å²) < 4.78 is 41.1. The Hall–Kier alpha value is -2.50. The van der Waals surface area contributed by atoms with Crippen LogP contribution in [-0.2, 0) is 0 Å². The Morgan fingerprint density at radius 1 is 1.12 bits per heavy atom. The molecule has 0 aliphatic carbocycles. The van der Waals surface area contributed by atoms with Gasteiger partial charge in [-0.15, -0.1) is 0 Å². The lowest BCUT2D eigenvalue weighted by atomic mass is 9.89. The summed E-state index contributed by atoms with van der Waals surface area (Å²) in [5.41, 5.74) is 6.06. The third-order valence-electron chi connectivity index (χ3n) is 4.42. The van der Waals surface area contributed by atoms with Crippen molar-refractivity contribution in [1.82, 2.24) is 0 Å². The van der Waals surface area contributed by atoms with Gasteiger partial charge in [-0.3, -0.25) is 4.79 Å². The van der Waals surface area contributed by atoms with E-state index in [1.165, 1.54) is 12.1 Å². The van der Waals surface area contributed by atoms with Crippen LogP contribution >= 0.6 is 0 Å². The maximum absolute atomic E-state index is 14.5. The molecule has 2 aromatic carbocycles.